The minimum atomic E-state index is -1.73. The topological polar surface area (TPSA) is 134 Å². The zero-order chi connectivity index (χ0) is 18.6. The standard InChI is InChI=1S/C17H20O8/c1-24-17(16(22)23)8-12(19)15(21)13(9-17)25-14(20)7-4-10-2-5-11(18)6-3-10/h2-7,12-13,15,18-19,21H,8-9H2,1H3,(H,22,23)/t12-,13+,15+,17-/m0/s1. The first kappa shape index (κ1) is 18.9. The number of phenolic OH excluding ortho intramolecular Hbond substituents is 1. The quantitative estimate of drug-likeness (QED) is 0.439. The van der Waals surface area contributed by atoms with Gasteiger partial charge in [0.1, 0.15) is 18.0 Å². The fourth-order valence-corrected chi connectivity index (χ4v) is 2.71. The molecule has 0 aromatic heterocycles. The third-order valence-corrected chi connectivity index (χ3v) is 4.20. The van der Waals surface area contributed by atoms with Gasteiger partial charge in [0.2, 0.25) is 0 Å². The van der Waals surface area contributed by atoms with Gasteiger partial charge in [0.15, 0.2) is 5.60 Å². The van der Waals surface area contributed by atoms with E-state index in [2.05, 4.69) is 0 Å². The Balaban J connectivity index is 2.07. The van der Waals surface area contributed by atoms with E-state index in [1.807, 2.05) is 0 Å². The number of carbonyl (C=O) groups is 2. The molecule has 4 N–H and O–H groups in total. The highest BCUT2D eigenvalue weighted by Crippen LogP contribution is 2.34. The van der Waals surface area contributed by atoms with E-state index in [4.69, 9.17) is 9.47 Å². The molecule has 0 amide bonds. The Bertz CT molecular complexity index is 653. The van der Waals surface area contributed by atoms with Crippen molar-refractivity contribution in [3.05, 3.63) is 35.9 Å². The van der Waals surface area contributed by atoms with Gasteiger partial charge in [-0.15, -0.1) is 0 Å². The van der Waals surface area contributed by atoms with Crippen molar-refractivity contribution in [3.63, 3.8) is 0 Å². The number of benzene rings is 1. The van der Waals surface area contributed by atoms with Gasteiger partial charge in [0.25, 0.3) is 0 Å². The lowest BCUT2D eigenvalue weighted by atomic mass is 9.79. The van der Waals surface area contributed by atoms with Crippen LogP contribution in [-0.4, -0.2) is 63.4 Å². The lowest BCUT2D eigenvalue weighted by Crippen LogP contribution is -2.57. The van der Waals surface area contributed by atoms with E-state index >= 15 is 0 Å². The van der Waals surface area contributed by atoms with Gasteiger partial charge in [-0.1, -0.05) is 12.1 Å². The first-order chi connectivity index (χ1) is 11.8. The van der Waals surface area contributed by atoms with Crippen LogP contribution < -0.4 is 0 Å². The van der Waals surface area contributed by atoms with Crippen LogP contribution in [0, 0.1) is 0 Å². The molecule has 8 heteroatoms. The molecule has 1 fully saturated rings. The molecule has 0 unspecified atom stereocenters. The molecule has 4 atom stereocenters. The van der Waals surface area contributed by atoms with Crippen LogP contribution >= 0.6 is 0 Å². The molecule has 2 rings (SSSR count). The van der Waals surface area contributed by atoms with Crippen molar-refractivity contribution in [2.75, 3.05) is 7.11 Å². The van der Waals surface area contributed by atoms with E-state index < -0.39 is 35.9 Å². The van der Waals surface area contributed by atoms with Gasteiger partial charge in [-0.25, -0.2) is 9.59 Å². The molecule has 0 saturated heterocycles. The highest BCUT2D eigenvalue weighted by molar-refractivity contribution is 5.87. The van der Waals surface area contributed by atoms with Crippen molar-refractivity contribution in [2.24, 2.45) is 0 Å². The number of aliphatic hydroxyl groups excluding tert-OH is 2. The molecular formula is C17H20O8. The lowest BCUT2D eigenvalue weighted by molar-refractivity contribution is -0.201. The number of carboxylic acids is 1. The van der Waals surface area contributed by atoms with Gasteiger partial charge >= 0.3 is 11.9 Å². The zero-order valence-electron chi connectivity index (χ0n) is 13.5. The first-order valence-electron chi connectivity index (χ1n) is 7.60. The van der Waals surface area contributed by atoms with Gasteiger partial charge in [-0.05, 0) is 23.8 Å². The second-order valence-electron chi connectivity index (χ2n) is 5.87. The number of esters is 1. The van der Waals surface area contributed by atoms with Crippen molar-refractivity contribution in [3.8, 4) is 5.75 Å². The van der Waals surface area contributed by atoms with Crippen LogP contribution in [0.5, 0.6) is 5.75 Å². The summed E-state index contributed by atoms with van der Waals surface area (Å²) in [7, 11) is 1.18. The Morgan fingerprint density at radius 1 is 1.20 bits per heavy atom. The molecule has 136 valence electrons. The van der Waals surface area contributed by atoms with Crippen LogP contribution in [-0.2, 0) is 19.1 Å². The van der Waals surface area contributed by atoms with Crippen molar-refractivity contribution in [1.82, 2.24) is 0 Å². The molecule has 1 aromatic carbocycles. The highest BCUT2D eigenvalue weighted by Gasteiger charge is 2.51. The van der Waals surface area contributed by atoms with Crippen molar-refractivity contribution < 1.29 is 39.5 Å². The minimum Gasteiger partial charge on any atom is -0.508 e. The maximum absolute atomic E-state index is 11.9. The SMILES string of the molecule is CO[C@@]1(C(=O)O)C[C@H](O)[C@@H](O)[C@H](OC(=O)C=Cc2ccc(O)cc2)C1. The Labute approximate surface area is 143 Å². The molecule has 0 bridgehead atoms. The monoisotopic (exact) mass is 352 g/mol. The summed E-state index contributed by atoms with van der Waals surface area (Å²) >= 11 is 0. The van der Waals surface area contributed by atoms with Crippen LogP contribution in [0.25, 0.3) is 6.08 Å². The van der Waals surface area contributed by atoms with Crippen LogP contribution in [0.1, 0.15) is 18.4 Å². The number of ether oxygens (including phenoxy) is 2. The minimum absolute atomic E-state index is 0.0867. The number of aromatic hydroxyl groups is 1. The second kappa shape index (κ2) is 7.64. The van der Waals surface area contributed by atoms with E-state index in [1.165, 1.54) is 25.3 Å². The third-order valence-electron chi connectivity index (χ3n) is 4.20. The maximum Gasteiger partial charge on any atom is 0.336 e. The average molecular weight is 352 g/mol. The summed E-state index contributed by atoms with van der Waals surface area (Å²) in [6, 6.07) is 6.06. The van der Waals surface area contributed by atoms with E-state index in [9.17, 15) is 30.0 Å². The van der Waals surface area contributed by atoms with E-state index in [-0.39, 0.29) is 18.6 Å². The summed E-state index contributed by atoms with van der Waals surface area (Å²) in [6.07, 6.45) is -2.08. The van der Waals surface area contributed by atoms with E-state index in [1.54, 1.807) is 12.1 Å². The Morgan fingerprint density at radius 3 is 2.40 bits per heavy atom. The number of hydrogen-bond acceptors (Lipinski definition) is 7. The molecule has 1 aromatic rings. The summed E-state index contributed by atoms with van der Waals surface area (Å²) in [5, 5.41) is 38.4. The zero-order valence-corrected chi connectivity index (χ0v) is 13.5. The van der Waals surface area contributed by atoms with Crippen LogP contribution in [0.3, 0.4) is 0 Å². The number of aliphatic carboxylic acids is 1. The van der Waals surface area contributed by atoms with Gasteiger partial charge < -0.3 is 29.9 Å². The predicted molar refractivity (Wildman–Crippen MR) is 85.6 cm³/mol. The van der Waals surface area contributed by atoms with Gasteiger partial charge in [0.05, 0.1) is 6.10 Å². The molecular weight excluding hydrogens is 332 g/mol. The predicted octanol–water partition coefficient (Wildman–Crippen LogP) is 0.303. The lowest BCUT2D eigenvalue weighted by Gasteiger charge is -2.41. The van der Waals surface area contributed by atoms with Crippen LogP contribution in [0.2, 0.25) is 0 Å². The molecule has 8 nitrogen and oxygen atoms in total. The Kier molecular flexibility index (Phi) is 5.78. The first-order valence-corrected chi connectivity index (χ1v) is 7.60. The van der Waals surface area contributed by atoms with Crippen LogP contribution in [0.4, 0.5) is 0 Å². The summed E-state index contributed by atoms with van der Waals surface area (Å²) in [5.41, 5.74) is -1.10. The smallest absolute Gasteiger partial charge is 0.336 e. The molecule has 25 heavy (non-hydrogen) atoms. The Hall–Kier alpha value is -2.42. The molecule has 1 aliphatic rings. The maximum atomic E-state index is 11.9. The number of carboxylic acid groups (broad SMARTS) is 1. The Morgan fingerprint density at radius 2 is 1.84 bits per heavy atom. The van der Waals surface area contributed by atoms with Crippen LogP contribution in [0.15, 0.2) is 30.3 Å². The largest absolute Gasteiger partial charge is 0.508 e. The average Bonchev–Trinajstić information content (AvgIpc) is 2.58. The number of rotatable bonds is 5. The molecule has 1 aliphatic carbocycles. The number of hydrogen-bond donors (Lipinski definition) is 4. The van der Waals surface area contributed by atoms with Crippen molar-refractivity contribution >= 4 is 18.0 Å². The van der Waals surface area contributed by atoms with Gasteiger partial charge in [-0.3, -0.25) is 0 Å². The number of carbonyl (C=O) groups excluding carboxylic acids is 1. The van der Waals surface area contributed by atoms with Gasteiger partial charge in [0, 0.05) is 26.0 Å². The fraction of sp³-hybridized carbons (Fsp3) is 0.412. The molecule has 0 heterocycles. The highest BCUT2D eigenvalue weighted by atomic mass is 16.6. The van der Waals surface area contributed by atoms with E-state index in [0.29, 0.717) is 5.56 Å². The molecule has 1 saturated carbocycles. The van der Waals surface area contributed by atoms with Gasteiger partial charge in [-0.2, -0.15) is 0 Å². The number of phenols is 1. The molecule has 0 spiro atoms. The summed E-state index contributed by atoms with van der Waals surface area (Å²) in [4.78, 5) is 23.4. The molecule has 0 radical (unpaired) electrons. The second-order valence-corrected chi connectivity index (χ2v) is 5.87. The van der Waals surface area contributed by atoms with E-state index in [0.717, 1.165) is 6.08 Å². The number of methoxy groups -OCH3 is 1. The summed E-state index contributed by atoms with van der Waals surface area (Å²) in [6.45, 7) is 0. The van der Waals surface area contributed by atoms with Crippen molar-refractivity contribution in [1.29, 1.82) is 0 Å². The number of aliphatic hydroxyl groups is 2. The van der Waals surface area contributed by atoms with Crippen molar-refractivity contribution in [2.45, 2.75) is 36.8 Å². The summed E-state index contributed by atoms with van der Waals surface area (Å²) < 4.78 is 10.1. The normalized spacial score (nSPS) is 29.5. The fourth-order valence-electron chi connectivity index (χ4n) is 2.71. The molecule has 0 aliphatic heterocycles. The summed E-state index contributed by atoms with van der Waals surface area (Å²) in [5.74, 6) is -2.02. The third kappa shape index (κ3) is 4.36.